The number of Topliss-reactive ketones (excluding diaryl/α,β-unsaturated/α-hetero) is 1. The van der Waals surface area contributed by atoms with E-state index in [4.69, 9.17) is 0 Å². The number of carbonyl (C=O) groups is 1. The lowest BCUT2D eigenvalue weighted by molar-refractivity contribution is 0.0912. The summed E-state index contributed by atoms with van der Waals surface area (Å²) in [7, 11) is 0. The average Bonchev–Trinajstić information content (AvgIpc) is 2.98. The van der Waals surface area contributed by atoms with E-state index in [1.807, 2.05) is 12.1 Å². The highest BCUT2D eigenvalue weighted by Crippen LogP contribution is 2.47. The number of benzene rings is 1. The Morgan fingerprint density at radius 2 is 2.13 bits per heavy atom. The lowest BCUT2D eigenvalue weighted by atomic mass is 9.95. The molecule has 0 bridgehead atoms. The predicted octanol–water partition coefficient (Wildman–Crippen LogP) is 3.62. The van der Waals surface area contributed by atoms with Crippen LogP contribution in [0, 0.1) is 5.41 Å². The van der Waals surface area contributed by atoms with Gasteiger partial charge >= 0.3 is 0 Å². The Kier molecular flexibility index (Phi) is 2.64. The third-order valence-corrected chi connectivity index (χ3v) is 3.28. The molecule has 1 aliphatic carbocycles. The minimum Gasteiger partial charge on any atom is -0.294 e. The van der Waals surface area contributed by atoms with E-state index in [0.29, 0.717) is 5.78 Å². The number of ketones is 1. The SMILES string of the molecule is CCCc1cccc(C(=O)C2(C)CC2)c1. The second kappa shape index (κ2) is 3.80. The topological polar surface area (TPSA) is 17.1 Å². The molecule has 0 radical (unpaired) electrons. The zero-order valence-electron chi connectivity index (χ0n) is 9.55. The summed E-state index contributed by atoms with van der Waals surface area (Å²) >= 11 is 0. The highest BCUT2D eigenvalue weighted by atomic mass is 16.1. The van der Waals surface area contributed by atoms with Gasteiger partial charge in [-0.15, -0.1) is 0 Å². The Morgan fingerprint density at radius 3 is 2.73 bits per heavy atom. The van der Waals surface area contributed by atoms with E-state index in [1.165, 1.54) is 5.56 Å². The van der Waals surface area contributed by atoms with Crippen molar-refractivity contribution in [2.45, 2.75) is 39.5 Å². The van der Waals surface area contributed by atoms with Crippen molar-refractivity contribution in [3.63, 3.8) is 0 Å². The molecule has 80 valence electrons. The lowest BCUT2D eigenvalue weighted by Crippen LogP contribution is -2.11. The molecular formula is C14H18O. The Hall–Kier alpha value is -1.11. The van der Waals surface area contributed by atoms with Crippen molar-refractivity contribution in [3.05, 3.63) is 35.4 Å². The van der Waals surface area contributed by atoms with Crippen LogP contribution in [0.1, 0.15) is 49.0 Å². The smallest absolute Gasteiger partial charge is 0.168 e. The maximum absolute atomic E-state index is 12.1. The molecule has 0 unspecified atom stereocenters. The van der Waals surface area contributed by atoms with Crippen molar-refractivity contribution in [1.29, 1.82) is 0 Å². The van der Waals surface area contributed by atoms with Gasteiger partial charge in [-0.2, -0.15) is 0 Å². The third-order valence-electron chi connectivity index (χ3n) is 3.28. The number of hydrogen-bond donors (Lipinski definition) is 0. The van der Waals surface area contributed by atoms with Crippen molar-refractivity contribution in [1.82, 2.24) is 0 Å². The number of rotatable bonds is 4. The van der Waals surface area contributed by atoms with Gasteiger partial charge in [0.2, 0.25) is 0 Å². The first-order valence-electron chi connectivity index (χ1n) is 5.79. The van der Waals surface area contributed by atoms with E-state index in [2.05, 4.69) is 26.0 Å². The van der Waals surface area contributed by atoms with Crippen LogP contribution < -0.4 is 0 Å². The molecule has 2 rings (SSSR count). The van der Waals surface area contributed by atoms with Gasteiger partial charge in [0.1, 0.15) is 0 Å². The standard InChI is InChI=1S/C14H18O/c1-3-5-11-6-4-7-12(10-11)13(15)14(2)8-9-14/h4,6-7,10H,3,5,8-9H2,1-2H3. The van der Waals surface area contributed by atoms with Crippen molar-refractivity contribution in [2.75, 3.05) is 0 Å². The van der Waals surface area contributed by atoms with Gasteiger partial charge in [0.25, 0.3) is 0 Å². The van der Waals surface area contributed by atoms with Crippen LogP contribution in [-0.2, 0) is 6.42 Å². The molecule has 0 amide bonds. The largest absolute Gasteiger partial charge is 0.294 e. The summed E-state index contributed by atoms with van der Waals surface area (Å²) in [6.45, 7) is 4.23. The highest BCUT2D eigenvalue weighted by Gasteiger charge is 2.44. The molecule has 1 aromatic carbocycles. The van der Waals surface area contributed by atoms with Gasteiger partial charge in [-0.1, -0.05) is 38.5 Å². The summed E-state index contributed by atoms with van der Waals surface area (Å²) in [5.41, 5.74) is 2.15. The van der Waals surface area contributed by atoms with Gasteiger partial charge in [-0.3, -0.25) is 4.79 Å². The van der Waals surface area contributed by atoms with E-state index in [0.717, 1.165) is 31.2 Å². The fourth-order valence-electron chi connectivity index (χ4n) is 1.92. The second-order valence-electron chi connectivity index (χ2n) is 4.84. The monoisotopic (exact) mass is 202 g/mol. The van der Waals surface area contributed by atoms with Crippen LogP contribution in [0.15, 0.2) is 24.3 Å². The zero-order valence-corrected chi connectivity index (χ0v) is 9.55. The molecular weight excluding hydrogens is 184 g/mol. The minimum absolute atomic E-state index is 0.0369. The van der Waals surface area contributed by atoms with Crippen LogP contribution in [0.25, 0.3) is 0 Å². The van der Waals surface area contributed by atoms with Crippen LogP contribution in [0.3, 0.4) is 0 Å². The first kappa shape index (κ1) is 10.4. The van der Waals surface area contributed by atoms with Gasteiger partial charge in [0.05, 0.1) is 0 Å². The summed E-state index contributed by atoms with van der Waals surface area (Å²) in [5, 5.41) is 0. The van der Waals surface area contributed by atoms with E-state index in [-0.39, 0.29) is 5.41 Å². The van der Waals surface area contributed by atoms with Crippen LogP contribution in [0.4, 0.5) is 0 Å². The van der Waals surface area contributed by atoms with Crippen LogP contribution in [-0.4, -0.2) is 5.78 Å². The van der Waals surface area contributed by atoms with E-state index < -0.39 is 0 Å². The fourth-order valence-corrected chi connectivity index (χ4v) is 1.92. The van der Waals surface area contributed by atoms with Gasteiger partial charge < -0.3 is 0 Å². The minimum atomic E-state index is -0.0369. The van der Waals surface area contributed by atoms with Crippen LogP contribution in [0.5, 0.6) is 0 Å². The van der Waals surface area contributed by atoms with Crippen molar-refractivity contribution >= 4 is 5.78 Å². The van der Waals surface area contributed by atoms with Gasteiger partial charge in [0, 0.05) is 11.0 Å². The first-order valence-corrected chi connectivity index (χ1v) is 5.79. The van der Waals surface area contributed by atoms with Gasteiger partial charge in [-0.25, -0.2) is 0 Å². The summed E-state index contributed by atoms with van der Waals surface area (Å²) in [5.74, 6) is 0.334. The molecule has 1 saturated carbocycles. The quantitative estimate of drug-likeness (QED) is 0.681. The zero-order chi connectivity index (χ0) is 10.9. The second-order valence-corrected chi connectivity index (χ2v) is 4.84. The molecule has 1 nitrogen and oxygen atoms in total. The maximum Gasteiger partial charge on any atom is 0.168 e. The lowest BCUT2D eigenvalue weighted by Gasteiger charge is -2.08. The Bertz CT molecular complexity index is 375. The fraction of sp³-hybridized carbons (Fsp3) is 0.500. The summed E-state index contributed by atoms with van der Waals surface area (Å²) in [4.78, 5) is 12.1. The molecule has 0 spiro atoms. The number of carbonyl (C=O) groups excluding carboxylic acids is 1. The van der Waals surface area contributed by atoms with Crippen molar-refractivity contribution < 1.29 is 4.79 Å². The molecule has 0 aliphatic heterocycles. The molecule has 1 aromatic rings. The van der Waals surface area contributed by atoms with Crippen LogP contribution in [0.2, 0.25) is 0 Å². The molecule has 15 heavy (non-hydrogen) atoms. The van der Waals surface area contributed by atoms with E-state index in [1.54, 1.807) is 0 Å². The summed E-state index contributed by atoms with van der Waals surface area (Å²) < 4.78 is 0. The number of aryl methyl sites for hydroxylation is 1. The average molecular weight is 202 g/mol. The van der Waals surface area contributed by atoms with Gasteiger partial charge in [0.15, 0.2) is 5.78 Å². The first-order chi connectivity index (χ1) is 7.15. The molecule has 1 heteroatoms. The predicted molar refractivity (Wildman–Crippen MR) is 62.1 cm³/mol. The van der Waals surface area contributed by atoms with E-state index in [9.17, 15) is 4.79 Å². The normalized spacial score (nSPS) is 17.5. The van der Waals surface area contributed by atoms with Gasteiger partial charge in [-0.05, 0) is 30.9 Å². The Balaban J connectivity index is 2.21. The number of hydrogen-bond acceptors (Lipinski definition) is 1. The summed E-state index contributed by atoms with van der Waals surface area (Å²) in [6, 6.07) is 8.12. The Labute approximate surface area is 91.5 Å². The highest BCUT2D eigenvalue weighted by molar-refractivity contribution is 6.02. The van der Waals surface area contributed by atoms with Crippen molar-refractivity contribution in [3.8, 4) is 0 Å². The van der Waals surface area contributed by atoms with Crippen LogP contribution >= 0.6 is 0 Å². The Morgan fingerprint density at radius 1 is 1.40 bits per heavy atom. The maximum atomic E-state index is 12.1. The summed E-state index contributed by atoms with van der Waals surface area (Å²) in [6.07, 6.45) is 4.32. The molecule has 1 aliphatic rings. The van der Waals surface area contributed by atoms with Crippen molar-refractivity contribution in [2.24, 2.45) is 5.41 Å². The molecule has 0 atom stereocenters. The third kappa shape index (κ3) is 2.11. The van der Waals surface area contributed by atoms with E-state index >= 15 is 0 Å². The molecule has 1 fully saturated rings. The molecule has 0 N–H and O–H groups in total. The molecule has 0 aromatic heterocycles. The molecule has 0 heterocycles. The molecule has 0 saturated heterocycles.